The Bertz CT molecular complexity index is 907. The van der Waals surface area contributed by atoms with E-state index >= 15 is 0 Å². The van der Waals surface area contributed by atoms with Crippen molar-refractivity contribution in [2.75, 3.05) is 6.54 Å². The van der Waals surface area contributed by atoms with Gasteiger partial charge in [0.2, 0.25) is 5.88 Å². The number of carboxylic acids is 1. The van der Waals surface area contributed by atoms with Crippen molar-refractivity contribution in [1.29, 1.82) is 0 Å². The molecule has 3 N–H and O–H groups in total. The Morgan fingerprint density at radius 1 is 1.15 bits per heavy atom. The van der Waals surface area contributed by atoms with E-state index in [1.165, 1.54) is 5.56 Å². The molecule has 1 heterocycles. The number of rotatable bonds is 7. The fourth-order valence-electron chi connectivity index (χ4n) is 2.98. The van der Waals surface area contributed by atoms with Gasteiger partial charge in [0.05, 0.1) is 11.4 Å². The number of carboxylic acid groups (broad SMARTS) is 1. The Morgan fingerprint density at radius 3 is 2.58 bits per heavy atom. The molecule has 3 aromatic rings. The Balaban J connectivity index is 1.78. The quantitative estimate of drug-likeness (QED) is 0.670. The van der Waals surface area contributed by atoms with Crippen LogP contribution in [-0.2, 0) is 11.2 Å². The lowest BCUT2D eigenvalue weighted by Crippen LogP contribution is -2.10. The number of nitrogens with zero attached hydrogens (tertiary/aromatic N) is 1. The van der Waals surface area contributed by atoms with Crippen LogP contribution in [0.1, 0.15) is 30.4 Å². The third-order valence-electron chi connectivity index (χ3n) is 4.37. The van der Waals surface area contributed by atoms with Crippen LogP contribution in [0.25, 0.3) is 10.9 Å². The number of carbonyl (C=O) groups is 1. The van der Waals surface area contributed by atoms with Crippen LogP contribution in [0, 0.1) is 0 Å². The number of aliphatic carboxylic acids is 1. The van der Waals surface area contributed by atoms with Crippen molar-refractivity contribution < 1.29 is 14.6 Å². The lowest BCUT2D eigenvalue weighted by Gasteiger charge is -2.11. The highest BCUT2D eigenvalue weighted by atomic mass is 16.5. The predicted octanol–water partition coefficient (Wildman–Crippen LogP) is 4.11. The SMILES string of the molecule is CCC(C(=O)O)c1ccc(Oc2ccc3cc(CCN)ccc3n2)cc1. The molecule has 0 fully saturated rings. The molecule has 26 heavy (non-hydrogen) atoms. The van der Waals surface area contributed by atoms with Crippen LogP contribution in [0.3, 0.4) is 0 Å². The molecule has 0 radical (unpaired) electrons. The minimum atomic E-state index is -0.814. The van der Waals surface area contributed by atoms with Crippen molar-refractivity contribution in [3.05, 3.63) is 65.7 Å². The van der Waals surface area contributed by atoms with Gasteiger partial charge in [0.25, 0.3) is 0 Å². The molecular weight excluding hydrogens is 328 g/mol. The second-order valence-electron chi connectivity index (χ2n) is 6.19. The van der Waals surface area contributed by atoms with Gasteiger partial charge in [0, 0.05) is 11.5 Å². The average Bonchev–Trinajstić information content (AvgIpc) is 2.64. The van der Waals surface area contributed by atoms with E-state index in [0.29, 0.717) is 24.6 Å². The third-order valence-corrected chi connectivity index (χ3v) is 4.37. The van der Waals surface area contributed by atoms with Gasteiger partial charge < -0.3 is 15.6 Å². The summed E-state index contributed by atoms with van der Waals surface area (Å²) in [5.74, 6) is -0.181. The zero-order chi connectivity index (χ0) is 18.5. The molecule has 1 unspecified atom stereocenters. The summed E-state index contributed by atoms with van der Waals surface area (Å²) < 4.78 is 5.81. The molecule has 1 atom stereocenters. The summed E-state index contributed by atoms with van der Waals surface area (Å²) in [6.45, 7) is 2.48. The first-order valence-electron chi connectivity index (χ1n) is 8.71. The van der Waals surface area contributed by atoms with E-state index in [1.54, 1.807) is 24.3 Å². The minimum absolute atomic E-state index is 0.495. The first kappa shape index (κ1) is 17.9. The van der Waals surface area contributed by atoms with Crippen molar-refractivity contribution in [2.24, 2.45) is 5.73 Å². The first-order chi connectivity index (χ1) is 12.6. The van der Waals surface area contributed by atoms with Gasteiger partial charge in [-0.05, 0) is 60.8 Å². The molecule has 1 aromatic heterocycles. The van der Waals surface area contributed by atoms with E-state index in [-0.39, 0.29) is 0 Å². The van der Waals surface area contributed by atoms with Crippen LogP contribution in [0.2, 0.25) is 0 Å². The van der Waals surface area contributed by atoms with E-state index in [9.17, 15) is 9.90 Å². The predicted molar refractivity (Wildman–Crippen MR) is 102 cm³/mol. The number of hydrogen-bond donors (Lipinski definition) is 2. The van der Waals surface area contributed by atoms with Gasteiger partial charge in [-0.1, -0.05) is 25.1 Å². The summed E-state index contributed by atoms with van der Waals surface area (Å²) in [5, 5.41) is 10.3. The van der Waals surface area contributed by atoms with Gasteiger partial charge in [-0.25, -0.2) is 4.98 Å². The van der Waals surface area contributed by atoms with E-state index in [1.807, 2.05) is 31.2 Å². The Labute approximate surface area is 152 Å². The Hall–Kier alpha value is -2.92. The monoisotopic (exact) mass is 350 g/mol. The maximum Gasteiger partial charge on any atom is 0.310 e. The van der Waals surface area contributed by atoms with Crippen LogP contribution in [0.4, 0.5) is 0 Å². The maximum atomic E-state index is 11.2. The van der Waals surface area contributed by atoms with Gasteiger partial charge in [-0.3, -0.25) is 4.79 Å². The summed E-state index contributed by atoms with van der Waals surface area (Å²) >= 11 is 0. The molecule has 5 heteroatoms. The van der Waals surface area contributed by atoms with Crippen LogP contribution in [-0.4, -0.2) is 22.6 Å². The first-order valence-corrected chi connectivity index (χ1v) is 8.71. The molecule has 0 bridgehead atoms. The van der Waals surface area contributed by atoms with Crippen LogP contribution < -0.4 is 10.5 Å². The largest absolute Gasteiger partial charge is 0.481 e. The number of benzene rings is 2. The summed E-state index contributed by atoms with van der Waals surface area (Å²) in [7, 11) is 0. The number of fused-ring (bicyclic) bond motifs is 1. The van der Waals surface area contributed by atoms with Gasteiger partial charge in [0.15, 0.2) is 0 Å². The molecule has 3 rings (SSSR count). The molecular formula is C21H22N2O3. The van der Waals surface area contributed by atoms with E-state index in [4.69, 9.17) is 10.5 Å². The molecule has 134 valence electrons. The van der Waals surface area contributed by atoms with Gasteiger partial charge in [-0.2, -0.15) is 0 Å². The number of pyridine rings is 1. The summed E-state index contributed by atoms with van der Waals surface area (Å²) in [6, 6.07) is 17.0. The van der Waals surface area contributed by atoms with Crippen LogP contribution >= 0.6 is 0 Å². The summed E-state index contributed by atoms with van der Waals surface area (Å²) in [5.41, 5.74) is 8.42. The number of hydrogen-bond acceptors (Lipinski definition) is 4. The van der Waals surface area contributed by atoms with E-state index < -0.39 is 11.9 Å². The Morgan fingerprint density at radius 2 is 1.92 bits per heavy atom. The minimum Gasteiger partial charge on any atom is -0.481 e. The molecule has 0 aliphatic rings. The van der Waals surface area contributed by atoms with Crippen molar-refractivity contribution in [3.63, 3.8) is 0 Å². The summed E-state index contributed by atoms with van der Waals surface area (Å²) in [6.07, 6.45) is 1.39. The number of aromatic nitrogens is 1. The lowest BCUT2D eigenvalue weighted by atomic mass is 9.97. The molecule has 5 nitrogen and oxygen atoms in total. The van der Waals surface area contributed by atoms with Gasteiger partial charge in [0.1, 0.15) is 5.75 Å². The topological polar surface area (TPSA) is 85.4 Å². The zero-order valence-electron chi connectivity index (χ0n) is 14.7. The number of ether oxygens (including phenoxy) is 1. The number of nitrogens with two attached hydrogens (primary N) is 1. The van der Waals surface area contributed by atoms with Crippen molar-refractivity contribution in [2.45, 2.75) is 25.7 Å². The summed E-state index contributed by atoms with van der Waals surface area (Å²) in [4.78, 5) is 15.8. The second kappa shape index (κ2) is 7.97. The highest BCUT2D eigenvalue weighted by Gasteiger charge is 2.17. The third kappa shape index (κ3) is 4.00. The van der Waals surface area contributed by atoms with Crippen molar-refractivity contribution in [3.8, 4) is 11.6 Å². The van der Waals surface area contributed by atoms with Gasteiger partial charge >= 0.3 is 5.97 Å². The molecule has 0 aliphatic carbocycles. The standard InChI is InChI=1S/C21H22N2O3/c1-2-18(21(24)25)15-4-7-17(8-5-15)26-20-10-6-16-13-14(11-12-22)3-9-19(16)23-20/h3-10,13,18H,2,11-12,22H2,1H3,(H,24,25). The smallest absolute Gasteiger partial charge is 0.310 e. The van der Waals surface area contributed by atoms with Crippen molar-refractivity contribution >= 4 is 16.9 Å². The maximum absolute atomic E-state index is 11.2. The normalized spacial score (nSPS) is 12.1. The van der Waals surface area contributed by atoms with E-state index in [0.717, 1.165) is 22.9 Å². The molecule has 0 amide bonds. The van der Waals surface area contributed by atoms with Crippen LogP contribution in [0.15, 0.2) is 54.6 Å². The molecule has 0 saturated carbocycles. The fourth-order valence-corrected chi connectivity index (χ4v) is 2.98. The molecule has 0 saturated heterocycles. The average molecular weight is 350 g/mol. The Kier molecular flexibility index (Phi) is 5.49. The van der Waals surface area contributed by atoms with Crippen molar-refractivity contribution in [1.82, 2.24) is 4.98 Å². The van der Waals surface area contributed by atoms with Crippen LogP contribution in [0.5, 0.6) is 11.6 Å². The lowest BCUT2D eigenvalue weighted by molar-refractivity contribution is -0.138. The fraction of sp³-hybridized carbons (Fsp3) is 0.238. The second-order valence-corrected chi connectivity index (χ2v) is 6.19. The zero-order valence-corrected chi connectivity index (χ0v) is 14.7. The van der Waals surface area contributed by atoms with E-state index in [2.05, 4.69) is 11.1 Å². The van der Waals surface area contributed by atoms with Gasteiger partial charge in [-0.15, -0.1) is 0 Å². The molecule has 0 spiro atoms. The highest BCUT2D eigenvalue weighted by Crippen LogP contribution is 2.26. The molecule has 0 aliphatic heterocycles. The molecule has 2 aromatic carbocycles. The highest BCUT2D eigenvalue weighted by molar-refractivity contribution is 5.80.